The van der Waals surface area contributed by atoms with E-state index in [9.17, 15) is 5.11 Å². The number of hydrogen-bond acceptors (Lipinski definition) is 1. The molecular weight excluding hydrogens is 364 g/mol. The van der Waals surface area contributed by atoms with Crippen LogP contribution in [0.25, 0.3) is 0 Å². The van der Waals surface area contributed by atoms with E-state index < -0.39 is 0 Å². The van der Waals surface area contributed by atoms with Gasteiger partial charge < -0.3 is 5.11 Å². The molecule has 0 amide bonds. The van der Waals surface area contributed by atoms with Crippen molar-refractivity contribution in [1.29, 1.82) is 0 Å². The summed E-state index contributed by atoms with van der Waals surface area (Å²) in [4.78, 5) is 0. The lowest BCUT2D eigenvalue weighted by molar-refractivity contribution is 0.0226. The number of allylic oxidation sites excluding steroid dienone is 4. The zero-order valence-corrected chi connectivity index (χ0v) is 19.5. The fourth-order valence-electron chi connectivity index (χ4n) is 8.08. The minimum atomic E-state index is -0.0587. The number of aliphatic hydroxyl groups excluding tert-OH is 1. The number of aryl methyl sites for hydroxylation is 1. The first-order valence-electron chi connectivity index (χ1n) is 12.5. The van der Waals surface area contributed by atoms with Gasteiger partial charge in [0.1, 0.15) is 0 Å². The zero-order valence-electron chi connectivity index (χ0n) is 19.5. The molecule has 30 heavy (non-hydrogen) atoms. The van der Waals surface area contributed by atoms with Gasteiger partial charge in [0, 0.05) is 0 Å². The topological polar surface area (TPSA) is 20.2 Å². The van der Waals surface area contributed by atoms with Crippen LogP contribution in [0.4, 0.5) is 0 Å². The van der Waals surface area contributed by atoms with Crippen LogP contribution in [0.1, 0.15) is 83.3 Å². The Morgan fingerprint density at radius 3 is 2.73 bits per heavy atom. The highest BCUT2D eigenvalue weighted by atomic mass is 16.3. The molecule has 0 unspecified atom stereocenters. The van der Waals surface area contributed by atoms with E-state index in [1.807, 2.05) is 0 Å². The lowest BCUT2D eigenvalue weighted by atomic mass is 9.51. The van der Waals surface area contributed by atoms with Gasteiger partial charge >= 0.3 is 0 Å². The third-order valence-electron chi connectivity index (χ3n) is 9.81. The molecule has 0 aromatic heterocycles. The Bertz CT molecular complexity index is 891. The van der Waals surface area contributed by atoms with Gasteiger partial charge in [0.05, 0.1) is 6.10 Å². The first-order chi connectivity index (χ1) is 14.3. The molecule has 0 saturated heterocycles. The second kappa shape index (κ2) is 7.37. The summed E-state index contributed by atoms with van der Waals surface area (Å²) in [6.07, 6.45) is 13.4. The summed E-state index contributed by atoms with van der Waals surface area (Å²) >= 11 is 0. The molecule has 0 spiro atoms. The summed E-state index contributed by atoms with van der Waals surface area (Å²) in [6.45, 7) is 9.83. The van der Waals surface area contributed by atoms with E-state index in [2.05, 4.69) is 58.0 Å². The van der Waals surface area contributed by atoms with E-state index in [0.717, 1.165) is 18.8 Å². The molecule has 0 aliphatic heterocycles. The predicted octanol–water partition coefficient (Wildman–Crippen LogP) is 7.18. The lowest BCUT2D eigenvalue weighted by Crippen LogP contribution is -2.44. The van der Waals surface area contributed by atoms with Crippen molar-refractivity contribution in [2.75, 3.05) is 0 Å². The average Bonchev–Trinajstić information content (AvgIpc) is 3.06. The predicted molar refractivity (Wildman–Crippen MR) is 125 cm³/mol. The van der Waals surface area contributed by atoms with Gasteiger partial charge in [0.15, 0.2) is 0 Å². The van der Waals surface area contributed by atoms with E-state index in [1.165, 1.54) is 56.1 Å². The fraction of sp³-hybridized carbons (Fsp3) is 0.655. The maximum atomic E-state index is 10.3. The van der Waals surface area contributed by atoms with E-state index in [-0.39, 0.29) is 6.10 Å². The van der Waals surface area contributed by atoms with Crippen molar-refractivity contribution >= 4 is 0 Å². The molecule has 1 heteroatoms. The molecule has 1 fully saturated rings. The Morgan fingerprint density at radius 1 is 1.10 bits per heavy atom. The number of hydrogen-bond donors (Lipinski definition) is 1. The smallest absolute Gasteiger partial charge is 0.0543 e. The third kappa shape index (κ3) is 3.15. The van der Waals surface area contributed by atoms with Gasteiger partial charge in [-0.3, -0.25) is 0 Å². The average molecular weight is 405 g/mol. The molecule has 5 rings (SSSR count). The summed E-state index contributed by atoms with van der Waals surface area (Å²) in [6, 6.07) is 9.12. The maximum Gasteiger partial charge on any atom is 0.0543 e. The standard InChI is InChI=1S/C29H40O/c1-19-6-5-7-21(16-19)17-20(2)25-10-11-26-24-9-8-22-18-23(30)12-14-28(22,3)27(24)13-15-29(25,26)4/h5-7,11,16,20,22-23,25,30H,8-10,12-15,17-18H2,1-4H3/t20-,22+,23+,25-,28+,29-/m1/s1. The fourth-order valence-corrected chi connectivity index (χ4v) is 8.08. The summed E-state index contributed by atoms with van der Waals surface area (Å²) in [5.41, 5.74) is 8.87. The summed E-state index contributed by atoms with van der Waals surface area (Å²) < 4.78 is 0. The van der Waals surface area contributed by atoms with E-state index in [0.29, 0.717) is 22.7 Å². The molecule has 0 bridgehead atoms. The monoisotopic (exact) mass is 404 g/mol. The van der Waals surface area contributed by atoms with Crippen molar-refractivity contribution in [3.63, 3.8) is 0 Å². The van der Waals surface area contributed by atoms with Crippen molar-refractivity contribution < 1.29 is 5.11 Å². The van der Waals surface area contributed by atoms with Gasteiger partial charge in [0.2, 0.25) is 0 Å². The van der Waals surface area contributed by atoms with Crippen LogP contribution in [0.2, 0.25) is 0 Å². The van der Waals surface area contributed by atoms with Gasteiger partial charge in [-0.15, -0.1) is 0 Å². The highest BCUT2D eigenvalue weighted by Crippen LogP contribution is 2.64. The van der Waals surface area contributed by atoms with Crippen LogP contribution in [0.15, 0.2) is 47.1 Å². The third-order valence-corrected chi connectivity index (χ3v) is 9.81. The zero-order chi connectivity index (χ0) is 21.1. The van der Waals surface area contributed by atoms with Crippen LogP contribution in [0.3, 0.4) is 0 Å². The first-order valence-corrected chi connectivity index (χ1v) is 12.5. The highest BCUT2D eigenvalue weighted by molar-refractivity contribution is 5.49. The Hall–Kier alpha value is -1.34. The van der Waals surface area contributed by atoms with Crippen LogP contribution in [0.5, 0.6) is 0 Å². The second-order valence-electron chi connectivity index (χ2n) is 11.6. The van der Waals surface area contributed by atoms with Crippen molar-refractivity contribution in [2.45, 2.75) is 91.6 Å². The second-order valence-corrected chi connectivity index (χ2v) is 11.6. The quantitative estimate of drug-likeness (QED) is 0.566. The van der Waals surface area contributed by atoms with E-state index in [4.69, 9.17) is 0 Å². The van der Waals surface area contributed by atoms with Crippen molar-refractivity contribution in [1.82, 2.24) is 0 Å². The Labute approximate surface area is 183 Å². The molecule has 4 aliphatic carbocycles. The van der Waals surface area contributed by atoms with Crippen molar-refractivity contribution in [3.8, 4) is 0 Å². The van der Waals surface area contributed by atoms with Crippen molar-refractivity contribution in [2.24, 2.45) is 28.6 Å². The van der Waals surface area contributed by atoms with Crippen LogP contribution in [0, 0.1) is 35.5 Å². The van der Waals surface area contributed by atoms with Crippen LogP contribution in [-0.4, -0.2) is 11.2 Å². The summed E-state index contributed by atoms with van der Waals surface area (Å²) in [7, 11) is 0. The molecule has 1 aromatic carbocycles. The van der Waals surface area contributed by atoms with Crippen LogP contribution in [-0.2, 0) is 6.42 Å². The molecule has 4 aliphatic rings. The Morgan fingerprint density at radius 2 is 1.93 bits per heavy atom. The van der Waals surface area contributed by atoms with Crippen LogP contribution >= 0.6 is 0 Å². The molecule has 1 N–H and O–H groups in total. The largest absolute Gasteiger partial charge is 0.393 e. The molecule has 1 nitrogen and oxygen atoms in total. The van der Waals surface area contributed by atoms with Gasteiger partial charge in [-0.25, -0.2) is 0 Å². The van der Waals surface area contributed by atoms with E-state index in [1.54, 1.807) is 16.7 Å². The number of rotatable bonds is 3. The molecule has 0 radical (unpaired) electrons. The minimum Gasteiger partial charge on any atom is -0.393 e. The summed E-state index contributed by atoms with van der Waals surface area (Å²) in [5.74, 6) is 2.17. The molecule has 6 atom stereocenters. The Balaban J connectivity index is 1.40. The maximum absolute atomic E-state index is 10.3. The SMILES string of the molecule is Cc1cccc(C[C@@H](C)[C@H]2CC=C3C4=C(CC[C@@]32C)[C@@]2(C)CC[C@H](O)C[C@@H]2CC4)c1. The number of benzene rings is 1. The summed E-state index contributed by atoms with van der Waals surface area (Å²) in [5, 5.41) is 10.3. The highest BCUT2D eigenvalue weighted by Gasteiger charge is 2.52. The van der Waals surface area contributed by atoms with Gasteiger partial charge in [-0.2, -0.15) is 0 Å². The first kappa shape index (κ1) is 20.6. The number of fused-ring (bicyclic) bond motifs is 4. The minimum absolute atomic E-state index is 0.0587. The van der Waals surface area contributed by atoms with Gasteiger partial charge in [0.25, 0.3) is 0 Å². The van der Waals surface area contributed by atoms with Crippen LogP contribution < -0.4 is 0 Å². The Kier molecular flexibility index (Phi) is 5.05. The van der Waals surface area contributed by atoms with E-state index >= 15 is 0 Å². The normalized spacial score (nSPS) is 39.1. The molecule has 1 saturated carbocycles. The van der Waals surface area contributed by atoms with Gasteiger partial charge in [-0.05, 0) is 110 Å². The molecule has 1 aromatic rings. The van der Waals surface area contributed by atoms with Gasteiger partial charge in [-0.1, -0.05) is 62.2 Å². The molecule has 0 heterocycles. The number of aliphatic hydroxyl groups is 1. The lowest BCUT2D eigenvalue weighted by Gasteiger charge is -2.54. The molecular formula is C29H40O. The van der Waals surface area contributed by atoms with Crippen molar-refractivity contribution in [3.05, 3.63) is 58.2 Å². The molecule has 162 valence electrons.